The van der Waals surface area contributed by atoms with Crippen LogP contribution in [0.4, 0.5) is 0 Å². The Morgan fingerprint density at radius 1 is 0.463 bits per heavy atom. The Hall–Kier alpha value is -5.12. The molecule has 2 nitrogen and oxygen atoms in total. The molecule has 0 spiro atoms. The number of hydrogen-bond donors (Lipinski definition) is 0. The van der Waals surface area contributed by atoms with Gasteiger partial charge in [0.05, 0.1) is 5.52 Å². The van der Waals surface area contributed by atoms with Crippen molar-refractivity contribution in [2.45, 2.75) is 0 Å². The summed E-state index contributed by atoms with van der Waals surface area (Å²) in [5.41, 5.74) is 9.96. The van der Waals surface area contributed by atoms with E-state index in [2.05, 4.69) is 144 Å². The molecule has 0 radical (unpaired) electrons. The fourth-order valence-electron chi connectivity index (χ4n) is 6.31. The number of aromatic nitrogens is 1. The van der Waals surface area contributed by atoms with Crippen LogP contribution in [0, 0.1) is 0 Å². The van der Waals surface area contributed by atoms with E-state index in [4.69, 9.17) is 4.42 Å². The fraction of sp³-hybridized carbons (Fsp3) is 0. The van der Waals surface area contributed by atoms with Crippen LogP contribution < -0.4 is 0 Å². The summed E-state index contributed by atoms with van der Waals surface area (Å²) < 4.78 is 11.7. The predicted octanol–water partition coefficient (Wildman–Crippen LogP) is 11.2. The van der Waals surface area contributed by atoms with Gasteiger partial charge >= 0.3 is 0 Å². The van der Waals surface area contributed by atoms with Gasteiger partial charge in [-0.1, -0.05) is 97.1 Å². The zero-order valence-corrected chi connectivity index (χ0v) is 22.9. The molecule has 6 aromatic carbocycles. The van der Waals surface area contributed by atoms with Gasteiger partial charge in [0, 0.05) is 42.2 Å². The highest BCUT2D eigenvalue weighted by Gasteiger charge is 2.21. The molecular formula is C38H23NOS. The van der Waals surface area contributed by atoms with Gasteiger partial charge in [-0.3, -0.25) is 0 Å². The molecule has 0 saturated heterocycles. The lowest BCUT2D eigenvalue weighted by atomic mass is 9.98. The van der Waals surface area contributed by atoms with Gasteiger partial charge in [-0.05, 0) is 59.2 Å². The number of hydrogen-bond acceptors (Lipinski definition) is 2. The van der Waals surface area contributed by atoms with Crippen molar-refractivity contribution in [3.05, 3.63) is 140 Å². The third-order valence-corrected chi connectivity index (χ3v) is 9.36. The zero-order chi connectivity index (χ0) is 26.9. The second-order valence-electron chi connectivity index (χ2n) is 10.5. The first-order chi connectivity index (χ1) is 20.3. The molecule has 0 unspecified atom stereocenters. The number of para-hydroxylation sites is 3. The van der Waals surface area contributed by atoms with E-state index in [0.29, 0.717) is 0 Å². The maximum absolute atomic E-state index is 6.73. The minimum atomic E-state index is 0.923. The van der Waals surface area contributed by atoms with Gasteiger partial charge in [0.25, 0.3) is 0 Å². The first-order valence-electron chi connectivity index (χ1n) is 13.9. The molecule has 0 fully saturated rings. The third-order valence-electron chi connectivity index (χ3n) is 8.22. The first kappa shape index (κ1) is 22.7. The molecule has 0 aliphatic rings. The van der Waals surface area contributed by atoms with Crippen LogP contribution in [0.5, 0.6) is 0 Å². The molecular weight excluding hydrogens is 518 g/mol. The highest BCUT2D eigenvalue weighted by Crippen LogP contribution is 2.42. The summed E-state index contributed by atoms with van der Waals surface area (Å²) in [7, 11) is 0. The monoisotopic (exact) mass is 541 g/mol. The summed E-state index contributed by atoms with van der Waals surface area (Å²) in [6.45, 7) is 0. The van der Waals surface area contributed by atoms with Crippen LogP contribution in [-0.4, -0.2) is 4.57 Å². The van der Waals surface area contributed by atoms with Crippen LogP contribution >= 0.6 is 11.3 Å². The molecule has 3 heterocycles. The van der Waals surface area contributed by atoms with Gasteiger partial charge in [-0.15, -0.1) is 11.3 Å². The molecule has 0 saturated carbocycles. The minimum Gasteiger partial charge on any atom is -0.453 e. The van der Waals surface area contributed by atoms with E-state index in [0.717, 1.165) is 49.8 Å². The van der Waals surface area contributed by atoms with Crippen LogP contribution in [0.1, 0.15) is 0 Å². The van der Waals surface area contributed by atoms with Crippen molar-refractivity contribution in [2.75, 3.05) is 0 Å². The zero-order valence-electron chi connectivity index (χ0n) is 22.0. The molecule has 0 bridgehead atoms. The van der Waals surface area contributed by atoms with E-state index >= 15 is 0 Å². The molecule has 192 valence electrons. The molecule has 0 aliphatic heterocycles. The quantitative estimate of drug-likeness (QED) is 0.217. The van der Waals surface area contributed by atoms with Crippen molar-refractivity contribution < 1.29 is 4.42 Å². The number of rotatable bonds is 3. The molecule has 3 aromatic heterocycles. The standard InChI is InChI=1S/C38H23NOS/c1-2-9-27(10-3-1)39-33-15-6-4-12-31(33)38-36(39)32-14-8-13-28(37(32)40-38)25-19-17-24(18-20-25)26-21-22-30-29-11-5-7-16-34(29)41-35(30)23-26/h1-23H. The van der Waals surface area contributed by atoms with Gasteiger partial charge < -0.3 is 8.98 Å². The largest absolute Gasteiger partial charge is 0.453 e. The Morgan fingerprint density at radius 2 is 1.15 bits per heavy atom. The number of furan rings is 1. The molecule has 41 heavy (non-hydrogen) atoms. The number of fused-ring (bicyclic) bond motifs is 8. The van der Waals surface area contributed by atoms with Crippen molar-refractivity contribution in [1.29, 1.82) is 0 Å². The highest BCUT2D eigenvalue weighted by atomic mass is 32.1. The molecule has 0 amide bonds. The van der Waals surface area contributed by atoms with Crippen LogP contribution in [0.3, 0.4) is 0 Å². The van der Waals surface area contributed by atoms with Gasteiger partial charge in [-0.25, -0.2) is 0 Å². The summed E-state index contributed by atoms with van der Waals surface area (Å²) >= 11 is 1.86. The number of nitrogens with zero attached hydrogens (tertiary/aromatic N) is 1. The molecule has 0 atom stereocenters. The Morgan fingerprint density at radius 3 is 2.02 bits per heavy atom. The summed E-state index contributed by atoms with van der Waals surface area (Å²) in [6.07, 6.45) is 0. The van der Waals surface area contributed by atoms with E-state index < -0.39 is 0 Å². The van der Waals surface area contributed by atoms with Gasteiger partial charge in [0.15, 0.2) is 5.58 Å². The molecule has 9 aromatic rings. The predicted molar refractivity (Wildman–Crippen MR) is 174 cm³/mol. The second-order valence-corrected chi connectivity index (χ2v) is 11.6. The normalized spacial score (nSPS) is 11.9. The lowest BCUT2D eigenvalue weighted by molar-refractivity contribution is 0.674. The SMILES string of the molecule is c1ccc(-n2c3ccccc3c3oc4c(-c5ccc(-c6ccc7c(c6)sc6ccccc67)cc5)cccc4c32)cc1. The maximum atomic E-state index is 6.73. The topological polar surface area (TPSA) is 18.1 Å². The van der Waals surface area contributed by atoms with Crippen LogP contribution in [-0.2, 0) is 0 Å². The first-order valence-corrected chi connectivity index (χ1v) is 14.7. The molecule has 0 N–H and O–H groups in total. The lowest BCUT2D eigenvalue weighted by Crippen LogP contribution is -1.92. The van der Waals surface area contributed by atoms with E-state index in [1.807, 2.05) is 11.3 Å². The van der Waals surface area contributed by atoms with Crippen molar-refractivity contribution in [3.8, 4) is 27.9 Å². The summed E-state index contributed by atoms with van der Waals surface area (Å²) in [4.78, 5) is 0. The van der Waals surface area contributed by atoms with Gasteiger partial charge in [-0.2, -0.15) is 0 Å². The Kier molecular flexibility index (Phi) is 4.80. The van der Waals surface area contributed by atoms with Gasteiger partial charge in [0.2, 0.25) is 0 Å². The van der Waals surface area contributed by atoms with Crippen LogP contribution in [0.25, 0.3) is 81.1 Å². The summed E-state index contributed by atoms with van der Waals surface area (Å²) in [6, 6.07) is 49.9. The van der Waals surface area contributed by atoms with Crippen LogP contribution in [0.15, 0.2) is 144 Å². The Bertz CT molecular complexity index is 2410. The van der Waals surface area contributed by atoms with Crippen molar-refractivity contribution >= 4 is 64.5 Å². The number of benzene rings is 6. The third kappa shape index (κ3) is 3.36. The van der Waals surface area contributed by atoms with Gasteiger partial charge in [0.1, 0.15) is 11.1 Å². The lowest BCUT2D eigenvalue weighted by Gasteiger charge is -2.08. The van der Waals surface area contributed by atoms with Crippen molar-refractivity contribution in [3.63, 3.8) is 0 Å². The second kappa shape index (κ2) is 8.69. The minimum absolute atomic E-state index is 0.923. The van der Waals surface area contributed by atoms with E-state index in [1.54, 1.807) is 0 Å². The average Bonchev–Trinajstić information content (AvgIpc) is 3.70. The molecule has 3 heteroatoms. The highest BCUT2D eigenvalue weighted by molar-refractivity contribution is 7.25. The maximum Gasteiger partial charge on any atom is 0.161 e. The van der Waals surface area contributed by atoms with E-state index in [-0.39, 0.29) is 0 Å². The van der Waals surface area contributed by atoms with Crippen molar-refractivity contribution in [2.24, 2.45) is 0 Å². The fourth-order valence-corrected chi connectivity index (χ4v) is 7.46. The van der Waals surface area contributed by atoms with Crippen molar-refractivity contribution in [1.82, 2.24) is 4.57 Å². The number of thiophene rings is 1. The summed E-state index contributed by atoms with van der Waals surface area (Å²) in [5.74, 6) is 0. The summed E-state index contributed by atoms with van der Waals surface area (Å²) in [5, 5.41) is 4.91. The molecule has 9 rings (SSSR count). The van der Waals surface area contributed by atoms with E-state index in [9.17, 15) is 0 Å². The van der Waals surface area contributed by atoms with E-state index in [1.165, 1.54) is 31.3 Å². The molecule has 0 aliphatic carbocycles. The smallest absolute Gasteiger partial charge is 0.161 e. The Labute approximate surface area is 240 Å². The van der Waals surface area contributed by atoms with Crippen LogP contribution in [0.2, 0.25) is 0 Å². The average molecular weight is 542 g/mol. The Balaban J connectivity index is 1.19.